The Morgan fingerprint density at radius 2 is 2.06 bits per heavy atom. The molecule has 2 unspecified atom stereocenters. The van der Waals surface area contributed by atoms with Crippen LogP contribution in [0.5, 0.6) is 0 Å². The predicted octanol–water partition coefficient (Wildman–Crippen LogP) is 2.78. The van der Waals surface area contributed by atoms with Gasteiger partial charge in [-0.1, -0.05) is 30.3 Å². The van der Waals surface area contributed by atoms with Gasteiger partial charge < -0.3 is 10.1 Å². The third kappa shape index (κ3) is 2.60. The highest BCUT2D eigenvalue weighted by Gasteiger charge is 2.42. The molecule has 1 N–H and O–H groups in total. The molecule has 0 amide bonds. The summed E-state index contributed by atoms with van der Waals surface area (Å²) in [6.45, 7) is 4.26. The molecule has 2 heteroatoms. The lowest BCUT2D eigenvalue weighted by atomic mass is 9.76. The summed E-state index contributed by atoms with van der Waals surface area (Å²) in [6, 6.07) is 11.6. The van der Waals surface area contributed by atoms with Gasteiger partial charge in [-0.25, -0.2) is 0 Å². The van der Waals surface area contributed by atoms with Crippen molar-refractivity contribution >= 4 is 0 Å². The molecule has 3 rings (SSSR count). The van der Waals surface area contributed by atoms with Gasteiger partial charge in [-0.3, -0.25) is 0 Å². The van der Waals surface area contributed by atoms with Gasteiger partial charge in [-0.15, -0.1) is 0 Å². The first-order valence-electron chi connectivity index (χ1n) is 7.17. The molecule has 1 aromatic rings. The van der Waals surface area contributed by atoms with Gasteiger partial charge in [-0.2, -0.15) is 0 Å². The highest BCUT2D eigenvalue weighted by atomic mass is 16.5. The van der Waals surface area contributed by atoms with E-state index in [1.807, 2.05) is 0 Å². The van der Waals surface area contributed by atoms with Crippen molar-refractivity contribution in [3.8, 4) is 0 Å². The van der Waals surface area contributed by atoms with Crippen molar-refractivity contribution in [3.05, 3.63) is 35.9 Å². The molecule has 0 radical (unpaired) electrons. The minimum Gasteiger partial charge on any atom is -0.378 e. The third-order valence-corrected chi connectivity index (χ3v) is 4.55. The second kappa shape index (κ2) is 5.02. The molecule has 2 aliphatic rings. The Balaban J connectivity index is 1.72. The predicted molar refractivity (Wildman–Crippen MR) is 73.6 cm³/mol. The molecule has 1 aliphatic heterocycles. The summed E-state index contributed by atoms with van der Waals surface area (Å²) >= 11 is 0. The maximum Gasteiger partial charge on any atom is 0.0619 e. The first-order chi connectivity index (χ1) is 8.78. The van der Waals surface area contributed by atoms with E-state index in [0.29, 0.717) is 11.5 Å². The lowest BCUT2D eigenvalue weighted by Gasteiger charge is -2.33. The van der Waals surface area contributed by atoms with E-state index in [1.165, 1.54) is 24.8 Å². The summed E-state index contributed by atoms with van der Waals surface area (Å²) in [5, 5.41) is 3.71. The van der Waals surface area contributed by atoms with Crippen molar-refractivity contribution < 1.29 is 4.74 Å². The Bertz CT molecular complexity index is 387. The van der Waals surface area contributed by atoms with E-state index < -0.39 is 0 Å². The number of ether oxygens (including phenoxy) is 1. The van der Waals surface area contributed by atoms with Crippen LogP contribution in [0.3, 0.4) is 0 Å². The first kappa shape index (κ1) is 12.2. The number of rotatable bonds is 5. The highest BCUT2D eigenvalue weighted by molar-refractivity contribution is 5.18. The van der Waals surface area contributed by atoms with Crippen LogP contribution in [0.4, 0.5) is 0 Å². The van der Waals surface area contributed by atoms with Crippen LogP contribution in [0.15, 0.2) is 30.3 Å². The van der Waals surface area contributed by atoms with Crippen LogP contribution in [-0.2, 0) is 11.2 Å². The van der Waals surface area contributed by atoms with Crippen LogP contribution in [0.2, 0.25) is 0 Å². The standard InChI is InChI=1S/C16H23NO/c1-13-16(9-10-18-13,12-17-15-7-8-15)11-14-5-3-2-4-6-14/h2-6,13,15,17H,7-12H2,1H3. The van der Waals surface area contributed by atoms with Crippen LogP contribution in [0, 0.1) is 5.41 Å². The van der Waals surface area contributed by atoms with Crippen molar-refractivity contribution in [2.45, 2.75) is 44.8 Å². The zero-order chi connectivity index (χ0) is 12.4. The van der Waals surface area contributed by atoms with Gasteiger partial charge in [0.05, 0.1) is 6.10 Å². The molecule has 98 valence electrons. The Kier molecular flexibility index (Phi) is 3.40. The Labute approximate surface area is 110 Å². The maximum atomic E-state index is 5.85. The number of benzene rings is 1. The van der Waals surface area contributed by atoms with Crippen LogP contribution in [-0.4, -0.2) is 25.3 Å². The Hall–Kier alpha value is -0.860. The summed E-state index contributed by atoms with van der Waals surface area (Å²) in [6.07, 6.45) is 5.40. The summed E-state index contributed by atoms with van der Waals surface area (Å²) < 4.78 is 5.85. The van der Waals surface area contributed by atoms with Crippen molar-refractivity contribution in [1.29, 1.82) is 0 Å². The van der Waals surface area contributed by atoms with E-state index in [9.17, 15) is 0 Å². The van der Waals surface area contributed by atoms with E-state index in [2.05, 4.69) is 42.6 Å². The average Bonchev–Trinajstić information content (AvgIpc) is 3.15. The minimum atomic E-state index is 0.296. The molecule has 2 fully saturated rings. The minimum absolute atomic E-state index is 0.296. The first-order valence-corrected chi connectivity index (χ1v) is 7.17. The number of hydrogen-bond donors (Lipinski definition) is 1. The third-order valence-electron chi connectivity index (χ3n) is 4.55. The SMILES string of the molecule is CC1OCCC1(CNC1CC1)Cc1ccccc1. The molecule has 0 aromatic heterocycles. The normalized spacial score (nSPS) is 31.7. The fourth-order valence-corrected chi connectivity index (χ4v) is 2.98. The van der Waals surface area contributed by atoms with Crippen LogP contribution in [0.1, 0.15) is 31.7 Å². The molecule has 0 bridgehead atoms. The monoisotopic (exact) mass is 245 g/mol. The van der Waals surface area contributed by atoms with E-state index in [4.69, 9.17) is 4.74 Å². The van der Waals surface area contributed by atoms with Crippen LogP contribution in [0.25, 0.3) is 0 Å². The molecule has 1 saturated carbocycles. The molecular weight excluding hydrogens is 222 g/mol. The fraction of sp³-hybridized carbons (Fsp3) is 0.625. The van der Waals surface area contributed by atoms with Gasteiger partial charge in [0, 0.05) is 24.6 Å². The van der Waals surface area contributed by atoms with E-state index in [1.54, 1.807) is 0 Å². The molecule has 18 heavy (non-hydrogen) atoms. The van der Waals surface area contributed by atoms with E-state index >= 15 is 0 Å². The van der Waals surface area contributed by atoms with Gasteiger partial charge in [0.2, 0.25) is 0 Å². The zero-order valence-corrected chi connectivity index (χ0v) is 11.2. The van der Waals surface area contributed by atoms with Crippen molar-refractivity contribution in [2.24, 2.45) is 5.41 Å². The highest BCUT2D eigenvalue weighted by Crippen LogP contribution is 2.38. The summed E-state index contributed by atoms with van der Waals surface area (Å²) in [4.78, 5) is 0. The van der Waals surface area contributed by atoms with Crippen molar-refractivity contribution in [2.75, 3.05) is 13.2 Å². The quantitative estimate of drug-likeness (QED) is 0.861. The average molecular weight is 245 g/mol. The van der Waals surface area contributed by atoms with Gasteiger partial charge in [-0.05, 0) is 38.2 Å². The van der Waals surface area contributed by atoms with Crippen molar-refractivity contribution in [1.82, 2.24) is 5.32 Å². The second-order valence-electron chi connectivity index (χ2n) is 5.94. The molecule has 2 nitrogen and oxygen atoms in total. The summed E-state index contributed by atoms with van der Waals surface area (Å²) in [5.41, 5.74) is 1.73. The van der Waals surface area contributed by atoms with Crippen LogP contribution >= 0.6 is 0 Å². The number of hydrogen-bond acceptors (Lipinski definition) is 2. The molecule has 2 atom stereocenters. The van der Waals surface area contributed by atoms with Gasteiger partial charge in [0.25, 0.3) is 0 Å². The summed E-state index contributed by atoms with van der Waals surface area (Å²) in [5.74, 6) is 0. The molecule has 1 aromatic carbocycles. The molecule has 1 aliphatic carbocycles. The number of nitrogens with one attached hydrogen (secondary N) is 1. The van der Waals surface area contributed by atoms with E-state index in [0.717, 1.165) is 25.6 Å². The van der Waals surface area contributed by atoms with Crippen LogP contribution < -0.4 is 5.32 Å². The van der Waals surface area contributed by atoms with Gasteiger partial charge >= 0.3 is 0 Å². The summed E-state index contributed by atoms with van der Waals surface area (Å²) in [7, 11) is 0. The molecule has 1 heterocycles. The molecule has 0 spiro atoms. The smallest absolute Gasteiger partial charge is 0.0619 e. The van der Waals surface area contributed by atoms with Gasteiger partial charge in [0.1, 0.15) is 0 Å². The lowest BCUT2D eigenvalue weighted by molar-refractivity contribution is 0.0628. The Morgan fingerprint density at radius 3 is 2.67 bits per heavy atom. The second-order valence-corrected chi connectivity index (χ2v) is 5.94. The zero-order valence-electron chi connectivity index (χ0n) is 11.2. The molecular formula is C16H23NO. The topological polar surface area (TPSA) is 21.3 Å². The van der Waals surface area contributed by atoms with E-state index in [-0.39, 0.29) is 0 Å². The fourth-order valence-electron chi connectivity index (χ4n) is 2.98. The van der Waals surface area contributed by atoms with Gasteiger partial charge in [0.15, 0.2) is 0 Å². The Morgan fingerprint density at radius 1 is 1.28 bits per heavy atom. The maximum absolute atomic E-state index is 5.85. The molecule has 1 saturated heterocycles. The lowest BCUT2D eigenvalue weighted by Crippen LogP contribution is -2.42. The van der Waals surface area contributed by atoms with Crippen molar-refractivity contribution in [3.63, 3.8) is 0 Å². The largest absolute Gasteiger partial charge is 0.378 e.